The molecule has 0 aliphatic rings. The third kappa shape index (κ3) is 4.43. The molecule has 0 saturated carbocycles. The number of nitrogens with two attached hydrogens (primary N) is 1. The monoisotopic (exact) mass is 283 g/mol. The number of methoxy groups -OCH3 is 1. The number of aryl methyl sites for hydroxylation is 1. The molecule has 0 fully saturated rings. The maximum absolute atomic E-state index is 11.1. The first-order valence-electron chi connectivity index (χ1n) is 7.17. The molecule has 0 aliphatic heterocycles. The lowest BCUT2D eigenvalue weighted by molar-refractivity contribution is -0.140. The summed E-state index contributed by atoms with van der Waals surface area (Å²) in [4.78, 5) is 11.1. The minimum absolute atomic E-state index is 0.119. The first-order valence-corrected chi connectivity index (χ1v) is 7.17. The predicted octanol–water partition coefficient (Wildman–Crippen LogP) is 3.23. The Hall–Kier alpha value is -2.13. The zero-order chi connectivity index (χ0) is 15.1. The largest absolute Gasteiger partial charge is 0.469 e. The summed E-state index contributed by atoms with van der Waals surface area (Å²) < 4.78 is 4.65. The molecule has 3 nitrogen and oxygen atoms in total. The van der Waals surface area contributed by atoms with Crippen LogP contribution in [-0.2, 0) is 16.0 Å². The molecule has 21 heavy (non-hydrogen) atoms. The lowest BCUT2D eigenvalue weighted by Crippen LogP contribution is -2.11. The van der Waals surface area contributed by atoms with Gasteiger partial charge in [0.05, 0.1) is 13.2 Å². The van der Waals surface area contributed by atoms with Crippen LogP contribution in [0.1, 0.15) is 35.6 Å². The Kier molecular flexibility index (Phi) is 5.52. The van der Waals surface area contributed by atoms with E-state index in [2.05, 4.69) is 16.9 Å². The molecule has 0 aliphatic carbocycles. The first kappa shape index (κ1) is 15.3. The van der Waals surface area contributed by atoms with Crippen LogP contribution >= 0.6 is 0 Å². The van der Waals surface area contributed by atoms with E-state index in [1.807, 2.05) is 42.5 Å². The van der Waals surface area contributed by atoms with Crippen LogP contribution in [0.15, 0.2) is 54.6 Å². The molecule has 2 N–H and O–H groups in total. The molecule has 0 saturated heterocycles. The van der Waals surface area contributed by atoms with Crippen LogP contribution in [-0.4, -0.2) is 13.1 Å². The summed E-state index contributed by atoms with van der Waals surface area (Å²) in [6.45, 7) is 0. The molecule has 0 amide bonds. The summed E-state index contributed by atoms with van der Waals surface area (Å²) in [5.74, 6) is -0.160. The fraction of sp³-hybridized carbons (Fsp3) is 0.278. The summed E-state index contributed by atoms with van der Waals surface area (Å²) in [5, 5.41) is 0. The molecule has 2 aromatic rings. The molecule has 0 bridgehead atoms. The van der Waals surface area contributed by atoms with E-state index >= 15 is 0 Å². The highest BCUT2D eigenvalue weighted by Crippen LogP contribution is 2.20. The topological polar surface area (TPSA) is 52.3 Å². The van der Waals surface area contributed by atoms with Crippen molar-refractivity contribution in [3.05, 3.63) is 71.3 Å². The van der Waals surface area contributed by atoms with Crippen molar-refractivity contribution in [1.82, 2.24) is 0 Å². The quantitative estimate of drug-likeness (QED) is 0.828. The fourth-order valence-corrected chi connectivity index (χ4v) is 2.33. The van der Waals surface area contributed by atoms with Crippen LogP contribution in [0.2, 0.25) is 0 Å². The number of carbonyl (C=O) groups is 1. The lowest BCUT2D eigenvalue weighted by atomic mass is 9.96. The van der Waals surface area contributed by atoms with Crippen molar-refractivity contribution in [2.75, 3.05) is 7.11 Å². The fourth-order valence-electron chi connectivity index (χ4n) is 2.33. The van der Waals surface area contributed by atoms with E-state index in [1.54, 1.807) is 0 Å². The van der Waals surface area contributed by atoms with Gasteiger partial charge in [0.15, 0.2) is 0 Å². The molecule has 110 valence electrons. The van der Waals surface area contributed by atoms with Gasteiger partial charge in [-0.25, -0.2) is 0 Å². The van der Waals surface area contributed by atoms with Crippen LogP contribution in [0.5, 0.6) is 0 Å². The number of rotatable bonds is 6. The normalized spacial score (nSPS) is 11.9. The number of hydrogen-bond donors (Lipinski definition) is 1. The van der Waals surface area contributed by atoms with E-state index in [9.17, 15) is 4.79 Å². The molecule has 2 aromatic carbocycles. The van der Waals surface area contributed by atoms with Gasteiger partial charge in [0.2, 0.25) is 0 Å². The van der Waals surface area contributed by atoms with E-state index in [-0.39, 0.29) is 12.0 Å². The van der Waals surface area contributed by atoms with Gasteiger partial charge in [-0.05, 0) is 29.5 Å². The average molecular weight is 283 g/mol. The van der Waals surface area contributed by atoms with Gasteiger partial charge in [-0.15, -0.1) is 0 Å². The summed E-state index contributed by atoms with van der Waals surface area (Å²) in [6, 6.07) is 18.2. The van der Waals surface area contributed by atoms with Crippen LogP contribution < -0.4 is 5.73 Å². The highest BCUT2D eigenvalue weighted by molar-refractivity contribution is 5.69. The third-order valence-corrected chi connectivity index (χ3v) is 3.54. The second kappa shape index (κ2) is 7.60. The van der Waals surface area contributed by atoms with Gasteiger partial charge in [0.25, 0.3) is 0 Å². The Bertz CT molecular complexity index is 581. The van der Waals surface area contributed by atoms with E-state index < -0.39 is 0 Å². The zero-order valence-corrected chi connectivity index (χ0v) is 12.3. The van der Waals surface area contributed by atoms with E-state index in [1.165, 1.54) is 12.7 Å². The zero-order valence-electron chi connectivity index (χ0n) is 12.3. The smallest absolute Gasteiger partial charge is 0.305 e. The molecular formula is C18H21NO2. The van der Waals surface area contributed by atoms with Crippen molar-refractivity contribution in [3.8, 4) is 0 Å². The average Bonchev–Trinajstić information content (AvgIpc) is 2.55. The van der Waals surface area contributed by atoms with Crippen molar-refractivity contribution in [1.29, 1.82) is 0 Å². The number of benzene rings is 2. The number of ether oxygens (including phenoxy) is 1. The van der Waals surface area contributed by atoms with Crippen LogP contribution in [0.4, 0.5) is 0 Å². The predicted molar refractivity (Wildman–Crippen MR) is 83.9 cm³/mol. The van der Waals surface area contributed by atoms with Gasteiger partial charge in [0, 0.05) is 6.42 Å². The molecule has 2 rings (SSSR count). The summed E-state index contributed by atoms with van der Waals surface area (Å²) in [7, 11) is 1.42. The standard InChI is InChI=1S/C18H21NO2/c1-21-17(20)12-6-8-14-7-5-11-16(13-14)18(19)15-9-3-2-4-10-15/h2-5,7,9-11,13,18H,6,8,12,19H2,1H3. The number of carbonyl (C=O) groups excluding carboxylic acids is 1. The molecule has 1 atom stereocenters. The van der Waals surface area contributed by atoms with Gasteiger partial charge in [-0.3, -0.25) is 4.79 Å². The minimum atomic E-state index is -0.160. The third-order valence-electron chi connectivity index (χ3n) is 3.54. The van der Waals surface area contributed by atoms with Gasteiger partial charge in [-0.2, -0.15) is 0 Å². The van der Waals surface area contributed by atoms with Crippen LogP contribution in [0, 0.1) is 0 Å². The van der Waals surface area contributed by atoms with Crippen molar-refractivity contribution < 1.29 is 9.53 Å². The Morgan fingerprint density at radius 3 is 2.52 bits per heavy atom. The van der Waals surface area contributed by atoms with Crippen LogP contribution in [0.25, 0.3) is 0 Å². The second-order valence-electron chi connectivity index (χ2n) is 5.06. The highest BCUT2D eigenvalue weighted by Gasteiger charge is 2.09. The Morgan fingerprint density at radius 1 is 1.10 bits per heavy atom. The Labute approximate surface area is 125 Å². The molecule has 1 unspecified atom stereocenters. The molecule has 0 heterocycles. The Balaban J connectivity index is 2.02. The van der Waals surface area contributed by atoms with Crippen molar-refractivity contribution >= 4 is 5.97 Å². The minimum Gasteiger partial charge on any atom is -0.469 e. The maximum Gasteiger partial charge on any atom is 0.305 e. The van der Waals surface area contributed by atoms with Crippen LogP contribution in [0.3, 0.4) is 0 Å². The van der Waals surface area contributed by atoms with Crippen molar-refractivity contribution in [2.45, 2.75) is 25.3 Å². The van der Waals surface area contributed by atoms with Gasteiger partial charge in [-0.1, -0.05) is 54.6 Å². The summed E-state index contributed by atoms with van der Waals surface area (Å²) >= 11 is 0. The highest BCUT2D eigenvalue weighted by atomic mass is 16.5. The number of esters is 1. The maximum atomic E-state index is 11.1. The summed E-state index contributed by atoms with van der Waals surface area (Å²) in [6.07, 6.45) is 2.09. The van der Waals surface area contributed by atoms with Crippen molar-refractivity contribution in [3.63, 3.8) is 0 Å². The van der Waals surface area contributed by atoms with E-state index in [4.69, 9.17) is 5.73 Å². The first-order chi connectivity index (χ1) is 10.2. The summed E-state index contributed by atoms with van der Waals surface area (Å²) in [5.41, 5.74) is 9.70. The van der Waals surface area contributed by atoms with Gasteiger partial charge in [0.1, 0.15) is 0 Å². The van der Waals surface area contributed by atoms with E-state index in [0.717, 1.165) is 24.0 Å². The van der Waals surface area contributed by atoms with Gasteiger partial charge < -0.3 is 10.5 Å². The lowest BCUT2D eigenvalue weighted by Gasteiger charge is -2.13. The number of hydrogen-bond acceptors (Lipinski definition) is 3. The Morgan fingerprint density at radius 2 is 1.81 bits per heavy atom. The SMILES string of the molecule is COC(=O)CCCc1cccc(C(N)c2ccccc2)c1. The van der Waals surface area contributed by atoms with E-state index in [0.29, 0.717) is 6.42 Å². The molecule has 3 heteroatoms. The second-order valence-corrected chi connectivity index (χ2v) is 5.06. The molecule has 0 spiro atoms. The van der Waals surface area contributed by atoms with Crippen molar-refractivity contribution in [2.24, 2.45) is 5.73 Å². The molecule has 0 radical (unpaired) electrons. The van der Waals surface area contributed by atoms with Gasteiger partial charge >= 0.3 is 5.97 Å². The molecular weight excluding hydrogens is 262 g/mol. The molecule has 0 aromatic heterocycles.